The summed E-state index contributed by atoms with van der Waals surface area (Å²) in [6.45, 7) is 7.70. The van der Waals surface area contributed by atoms with Gasteiger partial charge in [0, 0.05) is 28.3 Å². The molecule has 0 atom stereocenters. The molecule has 2 aromatic heterocycles. The van der Waals surface area contributed by atoms with Crippen LogP contribution in [0.25, 0.3) is 17.7 Å². The molecule has 0 aliphatic heterocycles. The van der Waals surface area contributed by atoms with Crippen LogP contribution < -0.4 is 0 Å². The average Bonchev–Trinajstić information content (AvgIpc) is 2.71. The number of aryl methyl sites for hydroxylation is 2. The van der Waals surface area contributed by atoms with Crippen molar-refractivity contribution in [1.82, 2.24) is 14.5 Å². The SMILES string of the molecule is C=C/C(Br)=C\n1c(C)cnc1-c1cccc(C)n1. The Hall–Kier alpha value is -1.68. The normalized spacial score (nSPS) is 11.6. The van der Waals surface area contributed by atoms with Crippen LogP contribution in [0.15, 0.2) is 41.5 Å². The molecule has 0 aromatic carbocycles. The van der Waals surface area contributed by atoms with Crippen LogP contribution >= 0.6 is 15.9 Å². The number of rotatable bonds is 3. The van der Waals surface area contributed by atoms with Crippen molar-refractivity contribution in [2.75, 3.05) is 0 Å². The van der Waals surface area contributed by atoms with E-state index in [0.29, 0.717) is 0 Å². The maximum absolute atomic E-state index is 4.50. The van der Waals surface area contributed by atoms with E-state index in [-0.39, 0.29) is 0 Å². The minimum Gasteiger partial charge on any atom is -0.301 e. The Bertz CT molecular complexity index is 611. The third kappa shape index (κ3) is 2.59. The van der Waals surface area contributed by atoms with Crippen molar-refractivity contribution in [3.05, 3.63) is 52.9 Å². The first-order valence-electron chi connectivity index (χ1n) is 5.59. The van der Waals surface area contributed by atoms with Gasteiger partial charge in [0.1, 0.15) is 5.69 Å². The lowest BCUT2D eigenvalue weighted by Crippen LogP contribution is -1.96. The van der Waals surface area contributed by atoms with Gasteiger partial charge in [-0.05, 0) is 41.9 Å². The molecule has 2 rings (SSSR count). The second-order valence-electron chi connectivity index (χ2n) is 3.98. The number of allylic oxidation sites excluding steroid dienone is 2. The van der Waals surface area contributed by atoms with E-state index in [2.05, 4.69) is 32.5 Å². The summed E-state index contributed by atoms with van der Waals surface area (Å²) in [6.07, 6.45) is 5.51. The fourth-order valence-electron chi connectivity index (χ4n) is 1.64. The van der Waals surface area contributed by atoms with E-state index in [1.54, 1.807) is 6.08 Å². The van der Waals surface area contributed by atoms with E-state index >= 15 is 0 Å². The second kappa shape index (κ2) is 5.31. The van der Waals surface area contributed by atoms with Gasteiger partial charge < -0.3 is 4.57 Å². The van der Waals surface area contributed by atoms with Gasteiger partial charge in [-0.2, -0.15) is 0 Å². The van der Waals surface area contributed by atoms with Crippen LogP contribution in [0, 0.1) is 13.8 Å². The molecule has 0 N–H and O–H groups in total. The summed E-state index contributed by atoms with van der Waals surface area (Å²) in [7, 11) is 0. The van der Waals surface area contributed by atoms with E-state index in [0.717, 1.165) is 27.4 Å². The minimum absolute atomic E-state index is 0.829. The van der Waals surface area contributed by atoms with Gasteiger partial charge in [-0.25, -0.2) is 9.97 Å². The first-order valence-corrected chi connectivity index (χ1v) is 6.38. The summed E-state index contributed by atoms with van der Waals surface area (Å²) in [5.41, 5.74) is 2.89. The van der Waals surface area contributed by atoms with Crippen LogP contribution in [0.1, 0.15) is 11.4 Å². The predicted octanol–water partition coefficient (Wildman–Crippen LogP) is 3.94. The van der Waals surface area contributed by atoms with Crippen molar-refractivity contribution in [2.24, 2.45) is 0 Å². The number of aromatic nitrogens is 3. The van der Waals surface area contributed by atoms with Crippen molar-refractivity contribution < 1.29 is 0 Å². The van der Waals surface area contributed by atoms with Crippen LogP contribution in [0.3, 0.4) is 0 Å². The third-order valence-corrected chi connectivity index (χ3v) is 3.08. The van der Waals surface area contributed by atoms with Crippen molar-refractivity contribution in [1.29, 1.82) is 0 Å². The Morgan fingerprint density at radius 3 is 2.83 bits per heavy atom. The summed E-state index contributed by atoms with van der Waals surface area (Å²) < 4.78 is 2.89. The Balaban J connectivity index is 2.56. The molecule has 3 nitrogen and oxygen atoms in total. The van der Waals surface area contributed by atoms with Gasteiger partial charge in [0.15, 0.2) is 5.82 Å². The number of hydrogen-bond donors (Lipinski definition) is 0. The van der Waals surface area contributed by atoms with E-state index in [1.807, 2.05) is 49.0 Å². The molecule has 0 aliphatic carbocycles. The molecule has 92 valence electrons. The fraction of sp³-hybridized carbons (Fsp3) is 0.143. The maximum Gasteiger partial charge on any atom is 0.163 e. The highest BCUT2D eigenvalue weighted by atomic mass is 79.9. The largest absolute Gasteiger partial charge is 0.301 e. The van der Waals surface area contributed by atoms with Crippen molar-refractivity contribution in [3.63, 3.8) is 0 Å². The molecule has 0 aliphatic rings. The van der Waals surface area contributed by atoms with Gasteiger partial charge in [-0.15, -0.1) is 0 Å². The van der Waals surface area contributed by atoms with Gasteiger partial charge in [-0.1, -0.05) is 18.7 Å². The number of halogens is 1. The van der Waals surface area contributed by atoms with E-state index < -0.39 is 0 Å². The monoisotopic (exact) mass is 303 g/mol. The molecule has 4 heteroatoms. The van der Waals surface area contributed by atoms with Crippen molar-refractivity contribution >= 4 is 22.1 Å². The van der Waals surface area contributed by atoms with Gasteiger partial charge in [0.2, 0.25) is 0 Å². The Kier molecular flexibility index (Phi) is 3.77. The zero-order valence-corrected chi connectivity index (χ0v) is 12.0. The summed E-state index contributed by atoms with van der Waals surface area (Å²) in [5.74, 6) is 0.829. The number of pyridine rings is 1. The number of hydrogen-bond acceptors (Lipinski definition) is 2. The Morgan fingerprint density at radius 1 is 1.39 bits per heavy atom. The molecule has 0 saturated heterocycles. The molecular weight excluding hydrogens is 290 g/mol. The van der Waals surface area contributed by atoms with Crippen LogP contribution in [0.2, 0.25) is 0 Å². The quantitative estimate of drug-likeness (QED) is 0.804. The molecule has 0 radical (unpaired) electrons. The first-order chi connectivity index (χ1) is 8.61. The van der Waals surface area contributed by atoms with Crippen molar-refractivity contribution in [3.8, 4) is 11.5 Å². The van der Waals surface area contributed by atoms with Gasteiger partial charge >= 0.3 is 0 Å². The topological polar surface area (TPSA) is 30.7 Å². The number of nitrogens with zero attached hydrogens (tertiary/aromatic N) is 3. The van der Waals surface area contributed by atoms with Gasteiger partial charge in [0.05, 0.1) is 0 Å². The van der Waals surface area contributed by atoms with Crippen LogP contribution in [0.4, 0.5) is 0 Å². The lowest BCUT2D eigenvalue weighted by molar-refractivity contribution is 1.06. The zero-order valence-electron chi connectivity index (χ0n) is 10.4. The summed E-state index contributed by atoms with van der Waals surface area (Å²) in [6, 6.07) is 5.92. The molecule has 0 saturated carbocycles. The first kappa shape index (κ1) is 12.8. The molecule has 2 aromatic rings. The van der Waals surface area contributed by atoms with Crippen LogP contribution in [0.5, 0.6) is 0 Å². The highest BCUT2D eigenvalue weighted by Crippen LogP contribution is 2.20. The maximum atomic E-state index is 4.50. The molecular formula is C14H14BrN3. The molecule has 2 heterocycles. The smallest absolute Gasteiger partial charge is 0.163 e. The lowest BCUT2D eigenvalue weighted by atomic mass is 10.3. The van der Waals surface area contributed by atoms with Crippen LogP contribution in [-0.4, -0.2) is 14.5 Å². The summed E-state index contributed by atoms with van der Waals surface area (Å²) in [5, 5.41) is 0. The average molecular weight is 304 g/mol. The fourth-order valence-corrected chi connectivity index (χ4v) is 1.85. The highest BCUT2D eigenvalue weighted by molar-refractivity contribution is 9.12. The molecule has 0 spiro atoms. The molecule has 0 amide bonds. The molecule has 0 bridgehead atoms. The lowest BCUT2D eigenvalue weighted by Gasteiger charge is -2.05. The molecule has 18 heavy (non-hydrogen) atoms. The van der Waals surface area contributed by atoms with E-state index in [1.165, 1.54) is 0 Å². The Labute approximate surface area is 115 Å². The third-order valence-electron chi connectivity index (χ3n) is 2.55. The highest BCUT2D eigenvalue weighted by Gasteiger charge is 2.09. The Morgan fingerprint density at radius 2 is 2.17 bits per heavy atom. The van der Waals surface area contributed by atoms with E-state index in [9.17, 15) is 0 Å². The van der Waals surface area contributed by atoms with Crippen molar-refractivity contribution in [2.45, 2.75) is 13.8 Å². The minimum atomic E-state index is 0.829. The summed E-state index contributed by atoms with van der Waals surface area (Å²) in [4.78, 5) is 8.91. The van der Waals surface area contributed by atoms with E-state index in [4.69, 9.17) is 0 Å². The van der Waals surface area contributed by atoms with Gasteiger partial charge in [-0.3, -0.25) is 0 Å². The standard InChI is InChI=1S/C14H14BrN3/c1-4-12(15)9-18-11(3)8-16-14(18)13-7-5-6-10(2)17-13/h4-9H,1H2,2-3H3/b12-9+. The molecule has 0 unspecified atom stereocenters. The second-order valence-corrected chi connectivity index (χ2v) is 4.89. The molecule has 0 fully saturated rings. The number of imidazole rings is 1. The van der Waals surface area contributed by atoms with Crippen LogP contribution in [-0.2, 0) is 0 Å². The zero-order chi connectivity index (χ0) is 13.1. The van der Waals surface area contributed by atoms with Gasteiger partial charge in [0.25, 0.3) is 0 Å². The predicted molar refractivity (Wildman–Crippen MR) is 78.3 cm³/mol. The summed E-state index contributed by atoms with van der Waals surface area (Å²) >= 11 is 3.43.